The van der Waals surface area contributed by atoms with Gasteiger partial charge in [-0.2, -0.15) is 10.5 Å². The standard InChI is InChI=1S/C36H21F3N4O2S/c1-21-13-22(20-44)5-11-30(21)24-3-2-4-25(14-24)35-34(33-26(16-40)18-42-19-27(33)17-41)31-15-28(37)8-12-32(31)43(35)46(45)29-9-6-23(7-10-29)36(38)39/h2-15,18-20,36H,1H3. The molecule has 1 atom stereocenters. The van der Waals surface area contributed by atoms with E-state index in [1.165, 1.54) is 58.8 Å². The van der Waals surface area contributed by atoms with Crippen LogP contribution in [-0.2, 0) is 11.0 Å². The smallest absolute Gasteiger partial charge is 0.263 e. The molecule has 0 bridgehead atoms. The molecule has 2 aromatic heterocycles. The van der Waals surface area contributed by atoms with Crippen molar-refractivity contribution < 1.29 is 22.2 Å². The van der Waals surface area contributed by atoms with Gasteiger partial charge in [-0.05, 0) is 66.1 Å². The molecule has 0 aliphatic carbocycles. The van der Waals surface area contributed by atoms with Gasteiger partial charge in [0.2, 0.25) is 0 Å². The van der Waals surface area contributed by atoms with Crippen LogP contribution in [0.15, 0.2) is 102 Å². The highest BCUT2D eigenvalue weighted by atomic mass is 32.2. The lowest BCUT2D eigenvalue weighted by Crippen LogP contribution is -2.07. The van der Waals surface area contributed by atoms with Crippen molar-refractivity contribution in [2.24, 2.45) is 0 Å². The number of carbonyl (C=O) groups excluding carboxylic acids is 1. The van der Waals surface area contributed by atoms with Crippen molar-refractivity contribution in [1.82, 2.24) is 8.96 Å². The molecule has 6 rings (SSSR count). The second-order valence-electron chi connectivity index (χ2n) is 10.4. The van der Waals surface area contributed by atoms with E-state index in [0.717, 1.165) is 23.0 Å². The number of alkyl halides is 2. The number of hydrogen-bond acceptors (Lipinski definition) is 5. The van der Waals surface area contributed by atoms with Gasteiger partial charge in [0.05, 0.1) is 27.2 Å². The molecule has 4 aromatic carbocycles. The lowest BCUT2D eigenvalue weighted by molar-refractivity contribution is 0.112. The van der Waals surface area contributed by atoms with E-state index in [0.29, 0.717) is 22.3 Å². The van der Waals surface area contributed by atoms with Crippen molar-refractivity contribution >= 4 is 28.2 Å². The van der Waals surface area contributed by atoms with Crippen LogP contribution in [0.3, 0.4) is 0 Å². The van der Waals surface area contributed by atoms with Gasteiger partial charge in [0, 0.05) is 45.6 Å². The van der Waals surface area contributed by atoms with E-state index in [1.807, 2.05) is 25.1 Å². The SMILES string of the molecule is Cc1cc(C=O)ccc1-c1cccc(-c2c(-c3c(C#N)cncc3C#N)c3cc(F)ccc3n2S(=O)c2ccc(C(F)F)cc2)c1. The first-order valence-corrected chi connectivity index (χ1v) is 15.0. The largest absolute Gasteiger partial charge is 0.298 e. The first kappa shape index (κ1) is 30.2. The molecule has 10 heteroatoms. The summed E-state index contributed by atoms with van der Waals surface area (Å²) in [6.45, 7) is 1.87. The Morgan fingerprint density at radius 1 is 0.870 bits per heavy atom. The van der Waals surface area contributed by atoms with E-state index in [1.54, 1.807) is 24.3 Å². The number of fused-ring (bicyclic) bond motifs is 1. The van der Waals surface area contributed by atoms with E-state index >= 15 is 0 Å². The zero-order chi connectivity index (χ0) is 32.5. The molecule has 224 valence electrons. The maximum Gasteiger partial charge on any atom is 0.263 e. The summed E-state index contributed by atoms with van der Waals surface area (Å²) < 4.78 is 57.6. The van der Waals surface area contributed by atoms with Crippen molar-refractivity contribution in [3.63, 3.8) is 0 Å². The zero-order valence-corrected chi connectivity index (χ0v) is 24.9. The minimum absolute atomic E-state index is 0.0483. The minimum Gasteiger partial charge on any atom is -0.298 e. The molecule has 0 radical (unpaired) electrons. The Hall–Kier alpha value is -5.84. The Morgan fingerprint density at radius 2 is 1.57 bits per heavy atom. The normalized spacial score (nSPS) is 11.7. The van der Waals surface area contributed by atoms with Gasteiger partial charge in [0.15, 0.2) is 11.0 Å². The Bertz CT molecular complexity index is 2250. The topological polar surface area (TPSA) is 99.5 Å². The number of nitriles is 2. The molecular formula is C36H21F3N4O2S. The fourth-order valence-corrected chi connectivity index (χ4v) is 6.85. The maximum absolute atomic E-state index is 15.0. The summed E-state index contributed by atoms with van der Waals surface area (Å²) >= 11 is 0. The van der Waals surface area contributed by atoms with E-state index in [9.17, 15) is 32.7 Å². The molecule has 0 fully saturated rings. The van der Waals surface area contributed by atoms with Crippen LogP contribution in [0.5, 0.6) is 0 Å². The molecule has 6 aromatic rings. The molecule has 0 aliphatic heterocycles. The number of aryl methyl sites for hydroxylation is 1. The third-order valence-electron chi connectivity index (χ3n) is 7.66. The molecular weight excluding hydrogens is 609 g/mol. The van der Waals surface area contributed by atoms with Crippen molar-refractivity contribution in [3.8, 4) is 45.6 Å². The lowest BCUT2D eigenvalue weighted by Gasteiger charge is -2.15. The Labute approximate surface area is 264 Å². The van der Waals surface area contributed by atoms with Crippen LogP contribution in [0.4, 0.5) is 13.2 Å². The average Bonchev–Trinajstić information content (AvgIpc) is 3.41. The highest BCUT2D eigenvalue weighted by Gasteiger charge is 2.28. The van der Waals surface area contributed by atoms with Crippen LogP contribution >= 0.6 is 0 Å². The number of benzene rings is 4. The van der Waals surface area contributed by atoms with E-state index in [-0.39, 0.29) is 38.1 Å². The van der Waals surface area contributed by atoms with Crippen LogP contribution in [0, 0.1) is 35.4 Å². The molecule has 46 heavy (non-hydrogen) atoms. The van der Waals surface area contributed by atoms with E-state index in [2.05, 4.69) is 17.1 Å². The molecule has 0 aliphatic rings. The van der Waals surface area contributed by atoms with Gasteiger partial charge in [-0.25, -0.2) is 17.4 Å². The number of rotatable bonds is 7. The summed E-state index contributed by atoms with van der Waals surface area (Å²) in [5, 5.41) is 20.5. The van der Waals surface area contributed by atoms with Crippen LogP contribution in [-0.4, -0.2) is 19.5 Å². The monoisotopic (exact) mass is 630 g/mol. The van der Waals surface area contributed by atoms with Crippen molar-refractivity contribution in [2.45, 2.75) is 18.2 Å². The van der Waals surface area contributed by atoms with Gasteiger partial charge in [-0.15, -0.1) is 0 Å². The summed E-state index contributed by atoms with van der Waals surface area (Å²) in [4.78, 5) is 15.6. The summed E-state index contributed by atoms with van der Waals surface area (Å²) in [6, 6.07) is 25.7. The summed E-state index contributed by atoms with van der Waals surface area (Å²) in [5.74, 6) is -0.602. The lowest BCUT2D eigenvalue weighted by atomic mass is 9.91. The first-order chi connectivity index (χ1) is 22.2. The molecule has 1 unspecified atom stereocenters. The molecule has 0 saturated heterocycles. The number of hydrogen-bond donors (Lipinski definition) is 0. The quantitative estimate of drug-likeness (QED) is 0.165. The molecule has 2 heterocycles. The van der Waals surface area contributed by atoms with Gasteiger partial charge in [-0.3, -0.25) is 13.8 Å². The second kappa shape index (κ2) is 12.3. The highest BCUT2D eigenvalue weighted by Crippen LogP contribution is 2.45. The van der Waals surface area contributed by atoms with Crippen LogP contribution in [0.1, 0.15) is 39.0 Å². The summed E-state index contributed by atoms with van der Waals surface area (Å²) in [6.07, 6.45) is 0.648. The minimum atomic E-state index is -2.72. The fourth-order valence-electron chi connectivity index (χ4n) is 5.57. The van der Waals surface area contributed by atoms with Gasteiger partial charge in [0.1, 0.15) is 24.2 Å². The van der Waals surface area contributed by atoms with E-state index < -0.39 is 23.2 Å². The number of halogens is 3. The molecule has 6 nitrogen and oxygen atoms in total. The number of carbonyl (C=O) groups is 1. The first-order valence-electron chi connectivity index (χ1n) is 13.8. The molecule has 0 amide bonds. The van der Waals surface area contributed by atoms with Crippen molar-refractivity contribution in [2.75, 3.05) is 0 Å². The zero-order valence-electron chi connectivity index (χ0n) is 24.0. The Kier molecular flexibility index (Phi) is 8.06. The maximum atomic E-state index is 15.0. The fraction of sp³-hybridized carbons (Fsp3) is 0.0556. The van der Waals surface area contributed by atoms with Crippen molar-refractivity contribution in [1.29, 1.82) is 10.5 Å². The average molecular weight is 631 g/mol. The molecule has 0 N–H and O–H groups in total. The van der Waals surface area contributed by atoms with Gasteiger partial charge < -0.3 is 0 Å². The number of aromatic nitrogens is 2. The number of aldehydes is 1. The number of pyridine rings is 1. The third-order valence-corrected chi connectivity index (χ3v) is 9.04. The predicted molar refractivity (Wildman–Crippen MR) is 169 cm³/mol. The highest BCUT2D eigenvalue weighted by molar-refractivity contribution is 7.83. The Balaban J connectivity index is 1.73. The predicted octanol–water partition coefficient (Wildman–Crippen LogP) is 8.55. The van der Waals surface area contributed by atoms with Gasteiger partial charge in [-0.1, -0.05) is 42.5 Å². The van der Waals surface area contributed by atoms with E-state index in [4.69, 9.17) is 0 Å². The van der Waals surface area contributed by atoms with Crippen molar-refractivity contribution in [3.05, 3.63) is 131 Å². The molecule has 0 saturated carbocycles. The Morgan fingerprint density at radius 3 is 2.20 bits per heavy atom. The second-order valence-corrected chi connectivity index (χ2v) is 11.7. The summed E-state index contributed by atoms with van der Waals surface area (Å²) in [5.41, 5.74) is 4.40. The van der Waals surface area contributed by atoms with Gasteiger partial charge in [0.25, 0.3) is 6.43 Å². The summed E-state index contributed by atoms with van der Waals surface area (Å²) in [7, 11) is -2.06. The van der Waals surface area contributed by atoms with Crippen LogP contribution in [0.2, 0.25) is 0 Å². The van der Waals surface area contributed by atoms with Crippen LogP contribution in [0.25, 0.3) is 44.4 Å². The molecule has 0 spiro atoms. The number of nitrogens with zero attached hydrogens (tertiary/aromatic N) is 4. The van der Waals surface area contributed by atoms with Crippen LogP contribution < -0.4 is 0 Å². The van der Waals surface area contributed by atoms with Gasteiger partial charge >= 0.3 is 0 Å². The third kappa shape index (κ3) is 5.25.